The lowest BCUT2D eigenvalue weighted by molar-refractivity contribution is -0.298. The number of nitrogens with one attached hydrogen (secondary N) is 1. The number of rotatable bonds is 31. The first-order chi connectivity index (χ1) is 24.9. The summed E-state index contributed by atoms with van der Waals surface area (Å²) in [5.41, 5.74) is 0. The fourth-order valence-corrected chi connectivity index (χ4v) is 6.35. The van der Waals surface area contributed by atoms with Gasteiger partial charge in [-0.15, -0.1) is 0 Å². The van der Waals surface area contributed by atoms with Crippen molar-refractivity contribution in [1.29, 1.82) is 0 Å². The Kier molecular flexibility index (Phi) is 27.5. The standard InChI is InChI=1S/C38H69NO12S/c1-3-5-7-9-11-13-14-15-16-17-19-20-22-24-26-31(41)30(39-37(45)32(42)27-25-23-21-18-12-10-8-6-4-2)29-49-38-35(44)36(51-52(46,47)48)34(43)33(28-40)50-38/h13-14,17,19,24,26,30-36,38,40-44H,3-12,15-16,18,20-23,25,27-29H2,1-2H3,(H,39,45)(H,46,47,48)/b14-13+,19-17+,26-24+. The number of carbonyl (C=O) groups is 1. The van der Waals surface area contributed by atoms with Gasteiger partial charge >= 0.3 is 10.4 Å². The lowest BCUT2D eigenvalue weighted by atomic mass is 9.99. The first kappa shape index (κ1) is 48.3. The fraction of sp³-hybridized carbons (Fsp3) is 0.816. The van der Waals surface area contributed by atoms with E-state index in [2.05, 4.69) is 47.7 Å². The first-order valence-electron chi connectivity index (χ1n) is 19.5. The highest BCUT2D eigenvalue weighted by molar-refractivity contribution is 7.80. The molecule has 14 heteroatoms. The molecule has 8 atom stereocenters. The number of ether oxygens (including phenoxy) is 2. The van der Waals surface area contributed by atoms with E-state index in [1.165, 1.54) is 63.9 Å². The van der Waals surface area contributed by atoms with Crippen molar-refractivity contribution in [2.45, 2.75) is 185 Å². The average Bonchev–Trinajstić information content (AvgIpc) is 3.11. The van der Waals surface area contributed by atoms with Crippen molar-refractivity contribution in [1.82, 2.24) is 5.32 Å². The summed E-state index contributed by atoms with van der Waals surface area (Å²) in [6.45, 7) is 3.10. The third-order valence-corrected chi connectivity index (χ3v) is 9.47. The summed E-state index contributed by atoms with van der Waals surface area (Å²) in [7, 11) is -5.12. The third kappa shape index (κ3) is 22.5. The number of hydrogen-bond donors (Lipinski definition) is 7. The zero-order valence-corrected chi connectivity index (χ0v) is 32.3. The van der Waals surface area contributed by atoms with Crippen LogP contribution < -0.4 is 5.32 Å². The number of amides is 1. The van der Waals surface area contributed by atoms with Crippen molar-refractivity contribution in [3.63, 3.8) is 0 Å². The first-order valence-corrected chi connectivity index (χ1v) is 20.8. The van der Waals surface area contributed by atoms with Gasteiger partial charge in [0.25, 0.3) is 0 Å². The van der Waals surface area contributed by atoms with Crippen molar-refractivity contribution in [3.8, 4) is 0 Å². The summed E-state index contributed by atoms with van der Waals surface area (Å²) in [5, 5.41) is 54.7. The predicted octanol–water partition coefficient (Wildman–Crippen LogP) is 4.96. The highest BCUT2D eigenvalue weighted by Crippen LogP contribution is 2.26. The second kappa shape index (κ2) is 29.6. The molecule has 1 aliphatic heterocycles. The van der Waals surface area contributed by atoms with Gasteiger partial charge in [-0.2, -0.15) is 8.42 Å². The minimum absolute atomic E-state index is 0.234. The monoisotopic (exact) mass is 763 g/mol. The van der Waals surface area contributed by atoms with Crippen LogP contribution in [0.15, 0.2) is 36.5 Å². The molecule has 1 fully saturated rings. The van der Waals surface area contributed by atoms with E-state index < -0.39 is 78.5 Å². The highest BCUT2D eigenvalue weighted by atomic mass is 32.3. The quantitative estimate of drug-likeness (QED) is 0.0284. The van der Waals surface area contributed by atoms with Gasteiger partial charge in [0.15, 0.2) is 6.29 Å². The SMILES string of the molecule is CCCCCC/C=C/CC/C=C/CC/C=C/C(O)C(COC1OC(CO)C(O)C(OS(=O)(=O)O)C1O)NC(=O)C(O)CCCCCCCCCCC. The lowest BCUT2D eigenvalue weighted by Crippen LogP contribution is -2.61. The van der Waals surface area contributed by atoms with Crippen LogP contribution in [0.25, 0.3) is 0 Å². The average molecular weight is 764 g/mol. The second-order valence-electron chi connectivity index (χ2n) is 13.6. The molecule has 1 saturated heterocycles. The molecule has 1 heterocycles. The summed E-state index contributed by atoms with van der Waals surface area (Å²) in [6.07, 6.45) is 19.7. The normalized spacial score (nSPS) is 23.1. The molecular formula is C38H69NO12S. The zero-order valence-electron chi connectivity index (χ0n) is 31.5. The van der Waals surface area contributed by atoms with Gasteiger partial charge in [0.1, 0.15) is 30.5 Å². The van der Waals surface area contributed by atoms with Crippen LogP contribution in [0.4, 0.5) is 0 Å². The third-order valence-electron chi connectivity index (χ3n) is 9.01. The number of hydrogen-bond acceptors (Lipinski definition) is 11. The van der Waals surface area contributed by atoms with Crippen LogP contribution in [0.3, 0.4) is 0 Å². The van der Waals surface area contributed by atoms with E-state index in [0.29, 0.717) is 12.8 Å². The van der Waals surface area contributed by atoms with E-state index in [9.17, 15) is 38.7 Å². The number of aliphatic hydroxyl groups excluding tert-OH is 5. The number of allylic oxidation sites excluding steroid dienone is 5. The molecule has 0 aliphatic carbocycles. The summed E-state index contributed by atoms with van der Waals surface area (Å²) in [6, 6.07) is -1.14. The predicted molar refractivity (Wildman–Crippen MR) is 201 cm³/mol. The molecule has 0 spiro atoms. The Hall–Kier alpha value is -1.72. The van der Waals surface area contributed by atoms with Crippen LogP contribution in [-0.2, 0) is 28.9 Å². The van der Waals surface area contributed by atoms with Crippen molar-refractivity contribution in [2.24, 2.45) is 0 Å². The Morgan fingerprint density at radius 3 is 1.85 bits per heavy atom. The van der Waals surface area contributed by atoms with E-state index in [1.54, 1.807) is 6.08 Å². The molecule has 1 aliphatic rings. The Morgan fingerprint density at radius 1 is 0.769 bits per heavy atom. The molecule has 13 nitrogen and oxygen atoms in total. The van der Waals surface area contributed by atoms with Gasteiger partial charge < -0.3 is 40.3 Å². The summed E-state index contributed by atoms with van der Waals surface area (Å²) < 4.78 is 47.2. The zero-order chi connectivity index (χ0) is 38.6. The summed E-state index contributed by atoms with van der Waals surface area (Å²) >= 11 is 0. The molecule has 0 radical (unpaired) electrons. The van der Waals surface area contributed by atoms with Gasteiger partial charge in [-0.25, -0.2) is 4.18 Å². The molecule has 0 aromatic heterocycles. The highest BCUT2D eigenvalue weighted by Gasteiger charge is 2.48. The lowest BCUT2D eigenvalue weighted by Gasteiger charge is -2.41. The topological polar surface area (TPSA) is 212 Å². The Labute approximate surface area is 312 Å². The Balaban J connectivity index is 2.76. The van der Waals surface area contributed by atoms with Crippen LogP contribution in [0.5, 0.6) is 0 Å². The molecule has 7 N–H and O–H groups in total. The van der Waals surface area contributed by atoms with Crippen LogP contribution in [0.1, 0.15) is 136 Å². The minimum Gasteiger partial charge on any atom is -0.394 e. The van der Waals surface area contributed by atoms with Crippen LogP contribution in [0.2, 0.25) is 0 Å². The smallest absolute Gasteiger partial charge is 0.394 e. The summed E-state index contributed by atoms with van der Waals surface area (Å²) in [5.74, 6) is -0.722. The minimum atomic E-state index is -5.12. The summed E-state index contributed by atoms with van der Waals surface area (Å²) in [4.78, 5) is 13.0. The van der Waals surface area contributed by atoms with Gasteiger partial charge in [0.2, 0.25) is 5.91 Å². The maximum absolute atomic E-state index is 13.0. The molecule has 0 saturated carbocycles. The molecule has 1 amide bonds. The van der Waals surface area contributed by atoms with E-state index in [4.69, 9.17) is 14.0 Å². The molecule has 1 rings (SSSR count). The van der Waals surface area contributed by atoms with Crippen molar-refractivity contribution in [2.75, 3.05) is 13.2 Å². The number of unbranched alkanes of at least 4 members (excludes halogenated alkanes) is 14. The fourth-order valence-electron chi connectivity index (χ4n) is 5.84. The number of aliphatic hydroxyl groups is 5. The van der Waals surface area contributed by atoms with Gasteiger partial charge in [-0.1, -0.05) is 127 Å². The van der Waals surface area contributed by atoms with E-state index in [0.717, 1.165) is 44.9 Å². The van der Waals surface area contributed by atoms with Gasteiger partial charge in [0, 0.05) is 0 Å². The van der Waals surface area contributed by atoms with Gasteiger partial charge in [0.05, 0.1) is 25.4 Å². The van der Waals surface area contributed by atoms with Crippen molar-refractivity contribution >= 4 is 16.3 Å². The molecule has 0 aromatic rings. The van der Waals surface area contributed by atoms with Crippen molar-refractivity contribution in [3.05, 3.63) is 36.5 Å². The van der Waals surface area contributed by atoms with E-state index >= 15 is 0 Å². The molecule has 8 unspecified atom stereocenters. The number of carbonyl (C=O) groups excluding carboxylic acids is 1. The largest absolute Gasteiger partial charge is 0.397 e. The molecule has 0 bridgehead atoms. The van der Waals surface area contributed by atoms with Crippen LogP contribution >= 0.6 is 0 Å². The van der Waals surface area contributed by atoms with E-state index in [1.807, 2.05) is 0 Å². The van der Waals surface area contributed by atoms with Crippen LogP contribution in [-0.4, -0.2) is 107 Å². The Morgan fingerprint density at radius 2 is 1.29 bits per heavy atom. The molecule has 304 valence electrons. The Bertz CT molecular complexity index is 1100. The molecule has 52 heavy (non-hydrogen) atoms. The van der Waals surface area contributed by atoms with E-state index in [-0.39, 0.29) is 6.42 Å². The van der Waals surface area contributed by atoms with Crippen molar-refractivity contribution < 1.29 is 57.0 Å². The maximum atomic E-state index is 13.0. The van der Waals surface area contributed by atoms with Crippen LogP contribution in [0, 0.1) is 0 Å². The second-order valence-corrected chi connectivity index (χ2v) is 14.7. The van der Waals surface area contributed by atoms with Gasteiger partial charge in [-0.3, -0.25) is 9.35 Å². The maximum Gasteiger partial charge on any atom is 0.397 e. The van der Waals surface area contributed by atoms with Gasteiger partial charge in [-0.05, 0) is 44.9 Å². The molecule has 0 aromatic carbocycles. The molecular weight excluding hydrogens is 694 g/mol.